The van der Waals surface area contributed by atoms with Crippen LogP contribution < -0.4 is 23.8 Å². The number of ketones is 1. The standard InChI is InChI=1S/C32H35NO7/c1-7-39-27-17-21(12-15-26(27)38-6)29-28(30(34)22-13-14-24(20(4)16-22)40-18-19(2)3)31(35)32(36)33(29)23-10-8-9-11-25(23)37-5/h8-17,19,29,34H,7,18H2,1-6H3/b30-28-. The highest BCUT2D eigenvalue weighted by Crippen LogP contribution is 2.46. The van der Waals surface area contributed by atoms with Gasteiger partial charge in [0, 0.05) is 5.56 Å². The Hall–Kier alpha value is -4.46. The van der Waals surface area contributed by atoms with E-state index < -0.39 is 17.7 Å². The van der Waals surface area contributed by atoms with E-state index in [9.17, 15) is 14.7 Å². The second-order valence-electron chi connectivity index (χ2n) is 9.87. The van der Waals surface area contributed by atoms with Crippen LogP contribution in [0, 0.1) is 12.8 Å². The van der Waals surface area contributed by atoms with E-state index in [0.29, 0.717) is 58.9 Å². The van der Waals surface area contributed by atoms with Crippen LogP contribution in [0.1, 0.15) is 43.5 Å². The molecular weight excluding hydrogens is 510 g/mol. The van der Waals surface area contributed by atoms with Crippen molar-refractivity contribution >= 4 is 23.1 Å². The Kier molecular flexibility index (Phi) is 8.67. The predicted molar refractivity (Wildman–Crippen MR) is 153 cm³/mol. The maximum Gasteiger partial charge on any atom is 0.300 e. The lowest BCUT2D eigenvalue weighted by atomic mass is 9.94. The van der Waals surface area contributed by atoms with Gasteiger partial charge in [0.05, 0.1) is 44.7 Å². The smallest absolute Gasteiger partial charge is 0.300 e. The molecule has 1 heterocycles. The van der Waals surface area contributed by atoms with Gasteiger partial charge in [-0.3, -0.25) is 14.5 Å². The number of methoxy groups -OCH3 is 2. The van der Waals surface area contributed by atoms with Crippen LogP contribution in [0.4, 0.5) is 5.69 Å². The number of aliphatic hydroxyl groups is 1. The number of rotatable bonds is 10. The zero-order chi connectivity index (χ0) is 29.0. The van der Waals surface area contributed by atoms with Gasteiger partial charge < -0.3 is 24.1 Å². The van der Waals surface area contributed by atoms with Gasteiger partial charge in [-0.1, -0.05) is 32.0 Å². The lowest BCUT2D eigenvalue weighted by molar-refractivity contribution is -0.132. The summed E-state index contributed by atoms with van der Waals surface area (Å²) >= 11 is 0. The molecule has 1 unspecified atom stereocenters. The van der Waals surface area contributed by atoms with Crippen molar-refractivity contribution in [3.05, 3.63) is 82.9 Å². The van der Waals surface area contributed by atoms with Crippen LogP contribution in [0.2, 0.25) is 0 Å². The summed E-state index contributed by atoms with van der Waals surface area (Å²) in [5, 5.41) is 11.6. The Morgan fingerprint density at radius 1 is 0.900 bits per heavy atom. The molecule has 0 bridgehead atoms. The summed E-state index contributed by atoms with van der Waals surface area (Å²) in [6, 6.07) is 16.4. The number of carbonyl (C=O) groups is 2. The third-order valence-corrected chi connectivity index (χ3v) is 6.61. The number of nitrogens with zero attached hydrogens (tertiary/aromatic N) is 1. The SMILES string of the molecule is CCOc1cc(C2/C(=C(/O)c3ccc(OCC(C)C)c(C)c3)C(=O)C(=O)N2c2ccccc2OC)ccc1OC. The molecule has 8 nitrogen and oxygen atoms in total. The van der Waals surface area contributed by atoms with Crippen molar-refractivity contribution in [2.75, 3.05) is 32.3 Å². The molecule has 0 radical (unpaired) electrons. The van der Waals surface area contributed by atoms with Crippen molar-refractivity contribution in [3.63, 3.8) is 0 Å². The fraction of sp³-hybridized carbons (Fsp3) is 0.312. The van der Waals surface area contributed by atoms with E-state index in [1.54, 1.807) is 60.7 Å². The van der Waals surface area contributed by atoms with Gasteiger partial charge in [-0.2, -0.15) is 0 Å². The number of anilines is 1. The summed E-state index contributed by atoms with van der Waals surface area (Å²) in [7, 11) is 3.03. The summed E-state index contributed by atoms with van der Waals surface area (Å²) in [6.07, 6.45) is 0. The molecule has 1 aliphatic rings. The number of hydrogen-bond acceptors (Lipinski definition) is 7. The molecule has 1 aliphatic heterocycles. The third kappa shape index (κ3) is 5.47. The average Bonchev–Trinajstić information content (AvgIpc) is 3.21. The molecular formula is C32H35NO7. The van der Waals surface area contributed by atoms with Gasteiger partial charge in [0.2, 0.25) is 0 Å². The molecule has 40 heavy (non-hydrogen) atoms. The summed E-state index contributed by atoms with van der Waals surface area (Å²) in [5.74, 6) is 0.544. The minimum Gasteiger partial charge on any atom is -0.507 e. The Morgan fingerprint density at radius 3 is 2.25 bits per heavy atom. The van der Waals surface area contributed by atoms with Gasteiger partial charge in [0.1, 0.15) is 17.3 Å². The zero-order valence-electron chi connectivity index (χ0n) is 23.7. The number of benzene rings is 3. The van der Waals surface area contributed by atoms with Gasteiger partial charge in [-0.15, -0.1) is 0 Å². The Morgan fingerprint density at radius 2 is 1.60 bits per heavy atom. The molecule has 0 aliphatic carbocycles. The summed E-state index contributed by atoms with van der Waals surface area (Å²) in [4.78, 5) is 28.6. The molecule has 210 valence electrons. The maximum absolute atomic E-state index is 13.6. The van der Waals surface area contributed by atoms with Crippen molar-refractivity contribution in [1.29, 1.82) is 0 Å². The van der Waals surface area contributed by atoms with Crippen LogP contribution in [0.25, 0.3) is 5.76 Å². The molecule has 1 saturated heterocycles. The van der Waals surface area contributed by atoms with Gasteiger partial charge in [-0.05, 0) is 73.4 Å². The van der Waals surface area contributed by atoms with Gasteiger partial charge in [0.25, 0.3) is 11.7 Å². The lowest BCUT2D eigenvalue weighted by Gasteiger charge is -2.27. The Bertz CT molecular complexity index is 1440. The molecule has 4 rings (SSSR count). The monoisotopic (exact) mass is 545 g/mol. The van der Waals surface area contributed by atoms with Crippen LogP contribution in [-0.2, 0) is 9.59 Å². The van der Waals surface area contributed by atoms with E-state index in [0.717, 1.165) is 5.56 Å². The summed E-state index contributed by atoms with van der Waals surface area (Å²) in [5.41, 5.74) is 2.11. The van der Waals surface area contributed by atoms with Crippen LogP contribution in [0.3, 0.4) is 0 Å². The van der Waals surface area contributed by atoms with E-state index in [2.05, 4.69) is 13.8 Å². The van der Waals surface area contributed by atoms with Crippen molar-refractivity contribution in [2.24, 2.45) is 5.92 Å². The number of aryl methyl sites for hydroxylation is 1. The zero-order valence-corrected chi connectivity index (χ0v) is 23.7. The van der Waals surface area contributed by atoms with Gasteiger partial charge in [0.15, 0.2) is 11.5 Å². The number of aliphatic hydroxyl groups excluding tert-OH is 1. The molecule has 0 saturated carbocycles. The van der Waals surface area contributed by atoms with Crippen molar-refractivity contribution in [1.82, 2.24) is 0 Å². The highest BCUT2D eigenvalue weighted by Gasteiger charge is 2.48. The fourth-order valence-electron chi connectivity index (χ4n) is 4.73. The Labute approximate surface area is 234 Å². The molecule has 1 atom stereocenters. The van der Waals surface area contributed by atoms with Crippen molar-refractivity contribution in [3.8, 4) is 23.0 Å². The van der Waals surface area contributed by atoms with Gasteiger partial charge >= 0.3 is 0 Å². The van der Waals surface area contributed by atoms with Gasteiger partial charge in [-0.25, -0.2) is 0 Å². The van der Waals surface area contributed by atoms with E-state index >= 15 is 0 Å². The largest absolute Gasteiger partial charge is 0.507 e. The summed E-state index contributed by atoms with van der Waals surface area (Å²) < 4.78 is 22.6. The number of para-hydroxylation sites is 2. The van der Waals surface area contributed by atoms with Crippen LogP contribution in [-0.4, -0.2) is 44.2 Å². The molecule has 0 aromatic heterocycles. The molecule has 1 amide bonds. The topological polar surface area (TPSA) is 94.5 Å². The van der Waals surface area contributed by atoms with E-state index in [4.69, 9.17) is 18.9 Å². The number of Topliss-reactive ketones (excluding diaryl/α,β-unsaturated/α-hetero) is 1. The highest BCUT2D eigenvalue weighted by molar-refractivity contribution is 6.52. The molecule has 3 aromatic rings. The fourth-order valence-corrected chi connectivity index (χ4v) is 4.73. The third-order valence-electron chi connectivity index (χ3n) is 6.61. The van der Waals surface area contributed by atoms with Crippen molar-refractivity contribution < 1.29 is 33.6 Å². The van der Waals surface area contributed by atoms with E-state index in [1.807, 2.05) is 13.8 Å². The number of carbonyl (C=O) groups excluding carboxylic acids is 2. The number of hydrogen-bond donors (Lipinski definition) is 1. The second kappa shape index (κ2) is 12.2. The highest BCUT2D eigenvalue weighted by atomic mass is 16.5. The van der Waals surface area contributed by atoms with Crippen LogP contribution in [0.15, 0.2) is 66.2 Å². The second-order valence-corrected chi connectivity index (χ2v) is 9.87. The van der Waals surface area contributed by atoms with Crippen LogP contribution >= 0.6 is 0 Å². The molecule has 1 fully saturated rings. The minimum absolute atomic E-state index is 0.0428. The molecule has 8 heteroatoms. The molecule has 1 N–H and O–H groups in total. The lowest BCUT2D eigenvalue weighted by Crippen LogP contribution is -2.29. The number of amides is 1. The first kappa shape index (κ1) is 28.5. The first-order valence-corrected chi connectivity index (χ1v) is 13.2. The predicted octanol–water partition coefficient (Wildman–Crippen LogP) is 6.07. The first-order chi connectivity index (χ1) is 19.2. The molecule has 3 aromatic carbocycles. The Balaban J connectivity index is 1.92. The first-order valence-electron chi connectivity index (χ1n) is 13.2. The maximum atomic E-state index is 13.6. The minimum atomic E-state index is -0.960. The average molecular weight is 546 g/mol. The van der Waals surface area contributed by atoms with E-state index in [1.165, 1.54) is 19.1 Å². The van der Waals surface area contributed by atoms with E-state index in [-0.39, 0.29) is 11.3 Å². The summed E-state index contributed by atoms with van der Waals surface area (Å²) in [6.45, 7) is 8.78. The molecule has 0 spiro atoms. The van der Waals surface area contributed by atoms with Crippen molar-refractivity contribution in [2.45, 2.75) is 33.7 Å². The number of ether oxygens (including phenoxy) is 4. The normalized spacial score (nSPS) is 16.4. The van der Waals surface area contributed by atoms with Crippen LogP contribution in [0.5, 0.6) is 23.0 Å². The quantitative estimate of drug-likeness (QED) is 0.188.